The largest absolute Gasteiger partial charge is 0.361 e. The number of benzene rings is 2. The summed E-state index contributed by atoms with van der Waals surface area (Å²) in [6.07, 6.45) is -0.744. The molecule has 3 nitrogen and oxygen atoms in total. The van der Waals surface area contributed by atoms with Crippen molar-refractivity contribution in [1.29, 1.82) is 0 Å². The lowest BCUT2D eigenvalue weighted by Gasteiger charge is -2.27. The zero-order chi connectivity index (χ0) is 16.9. The van der Waals surface area contributed by atoms with Crippen LogP contribution >= 0.6 is 46.4 Å². The van der Waals surface area contributed by atoms with Crippen molar-refractivity contribution < 1.29 is 4.79 Å². The van der Waals surface area contributed by atoms with E-state index in [9.17, 15) is 4.79 Å². The van der Waals surface area contributed by atoms with Crippen molar-refractivity contribution in [1.82, 2.24) is 5.32 Å². The average molecular weight is 392 g/mol. The Morgan fingerprint density at radius 3 is 2.22 bits per heavy atom. The molecule has 0 fully saturated rings. The summed E-state index contributed by atoms with van der Waals surface area (Å²) in [6, 6.07) is 16.3. The fourth-order valence-corrected chi connectivity index (χ4v) is 2.44. The van der Waals surface area contributed by atoms with E-state index in [1.54, 1.807) is 24.3 Å². The molecule has 1 amide bonds. The Kier molecular flexibility index (Phi) is 6.42. The summed E-state index contributed by atoms with van der Waals surface area (Å²) >= 11 is 24.0. The number of alkyl halides is 3. The highest BCUT2D eigenvalue weighted by atomic mass is 35.6. The summed E-state index contributed by atoms with van der Waals surface area (Å²) in [4.78, 5) is 12.2. The van der Waals surface area contributed by atoms with Gasteiger partial charge in [0.05, 0.1) is 17.1 Å². The Labute approximate surface area is 154 Å². The van der Waals surface area contributed by atoms with E-state index < -0.39 is 9.96 Å². The highest BCUT2D eigenvalue weighted by Gasteiger charge is 2.34. The standard InChI is InChI=1S/C16H14Cl4N2O/c17-12-8-4-5-9-13(12)21-15(16(18,19)20)22-14(23)10-11-6-2-1-3-7-11/h1-9,15,21H,10H2,(H,22,23)/t15-/m0/s1. The molecule has 2 aromatic carbocycles. The van der Waals surface area contributed by atoms with Crippen molar-refractivity contribution in [2.75, 3.05) is 5.32 Å². The number of halogens is 4. The van der Waals surface area contributed by atoms with Gasteiger partial charge in [-0.1, -0.05) is 88.9 Å². The van der Waals surface area contributed by atoms with E-state index in [0.717, 1.165) is 5.56 Å². The zero-order valence-electron chi connectivity index (χ0n) is 11.9. The van der Waals surface area contributed by atoms with Gasteiger partial charge in [0.15, 0.2) is 0 Å². The highest BCUT2D eigenvalue weighted by Crippen LogP contribution is 2.32. The third-order valence-corrected chi connectivity index (χ3v) is 4.00. The summed E-state index contributed by atoms with van der Waals surface area (Å²) in [5.74, 6) is -0.271. The molecule has 0 aliphatic heterocycles. The number of carbonyl (C=O) groups excluding carboxylic acids is 1. The Morgan fingerprint density at radius 2 is 1.61 bits per heavy atom. The van der Waals surface area contributed by atoms with Crippen LogP contribution in [-0.2, 0) is 11.2 Å². The normalized spacial score (nSPS) is 12.5. The van der Waals surface area contributed by atoms with E-state index in [4.69, 9.17) is 46.4 Å². The van der Waals surface area contributed by atoms with Crippen LogP contribution in [0, 0.1) is 0 Å². The van der Waals surface area contributed by atoms with Gasteiger partial charge in [-0.15, -0.1) is 0 Å². The fourth-order valence-electron chi connectivity index (χ4n) is 1.93. The number of nitrogens with one attached hydrogen (secondary N) is 2. The monoisotopic (exact) mass is 390 g/mol. The number of rotatable bonds is 5. The second-order valence-electron chi connectivity index (χ2n) is 4.83. The van der Waals surface area contributed by atoms with Crippen molar-refractivity contribution in [2.24, 2.45) is 0 Å². The number of carbonyl (C=O) groups is 1. The van der Waals surface area contributed by atoms with E-state index in [2.05, 4.69) is 10.6 Å². The molecule has 0 spiro atoms. The third kappa shape index (κ3) is 5.78. The second-order valence-corrected chi connectivity index (χ2v) is 7.60. The van der Waals surface area contributed by atoms with Crippen LogP contribution in [-0.4, -0.2) is 15.9 Å². The quantitative estimate of drug-likeness (QED) is 0.567. The first-order valence-electron chi connectivity index (χ1n) is 6.77. The van der Waals surface area contributed by atoms with Gasteiger partial charge in [0, 0.05) is 0 Å². The lowest BCUT2D eigenvalue weighted by atomic mass is 10.1. The Hall–Kier alpha value is -1.13. The first-order chi connectivity index (χ1) is 10.9. The minimum atomic E-state index is -1.74. The van der Waals surface area contributed by atoms with Crippen LogP contribution in [0.3, 0.4) is 0 Å². The Morgan fingerprint density at radius 1 is 1.00 bits per heavy atom. The topological polar surface area (TPSA) is 41.1 Å². The van der Waals surface area contributed by atoms with Crippen LogP contribution in [0.1, 0.15) is 5.56 Å². The van der Waals surface area contributed by atoms with Gasteiger partial charge in [-0.25, -0.2) is 0 Å². The van der Waals surface area contributed by atoms with Crippen LogP contribution in [0.2, 0.25) is 5.02 Å². The molecule has 122 valence electrons. The third-order valence-electron chi connectivity index (χ3n) is 3.01. The molecule has 0 radical (unpaired) electrons. The van der Waals surface area contributed by atoms with E-state index in [1.807, 2.05) is 30.3 Å². The van der Waals surface area contributed by atoms with Gasteiger partial charge >= 0.3 is 0 Å². The first kappa shape index (κ1) is 18.2. The molecule has 0 aliphatic carbocycles. The fraction of sp³-hybridized carbons (Fsp3) is 0.188. The average Bonchev–Trinajstić information content (AvgIpc) is 2.48. The van der Waals surface area contributed by atoms with Crippen LogP contribution < -0.4 is 10.6 Å². The van der Waals surface area contributed by atoms with E-state index in [1.165, 1.54) is 0 Å². The molecule has 1 atom stereocenters. The molecule has 2 rings (SSSR count). The van der Waals surface area contributed by atoms with Crippen LogP contribution in [0.4, 0.5) is 5.69 Å². The molecule has 0 saturated carbocycles. The lowest BCUT2D eigenvalue weighted by molar-refractivity contribution is -0.120. The number of amides is 1. The van der Waals surface area contributed by atoms with Gasteiger partial charge in [-0.2, -0.15) is 0 Å². The summed E-state index contributed by atoms with van der Waals surface area (Å²) in [7, 11) is 0. The predicted octanol–water partition coefficient (Wildman–Crippen LogP) is 4.81. The van der Waals surface area contributed by atoms with Gasteiger partial charge in [0.25, 0.3) is 0 Å². The summed E-state index contributed by atoms with van der Waals surface area (Å²) in [5.41, 5.74) is 1.43. The van der Waals surface area contributed by atoms with Crippen molar-refractivity contribution in [3.8, 4) is 0 Å². The Bertz CT molecular complexity index is 659. The van der Waals surface area contributed by atoms with Gasteiger partial charge < -0.3 is 10.6 Å². The number of anilines is 1. The smallest absolute Gasteiger partial charge is 0.228 e. The van der Waals surface area contributed by atoms with E-state index >= 15 is 0 Å². The van der Waals surface area contributed by atoms with E-state index in [-0.39, 0.29) is 12.3 Å². The maximum absolute atomic E-state index is 12.2. The van der Waals surface area contributed by atoms with Crippen LogP contribution in [0.15, 0.2) is 54.6 Å². The molecule has 2 N–H and O–H groups in total. The highest BCUT2D eigenvalue weighted by molar-refractivity contribution is 6.68. The molecule has 0 bridgehead atoms. The Balaban J connectivity index is 2.07. The van der Waals surface area contributed by atoms with Gasteiger partial charge in [-0.05, 0) is 17.7 Å². The van der Waals surface area contributed by atoms with Gasteiger partial charge in [0.1, 0.15) is 6.17 Å². The first-order valence-corrected chi connectivity index (χ1v) is 8.28. The summed E-state index contributed by atoms with van der Waals surface area (Å²) in [5, 5.41) is 6.08. The van der Waals surface area contributed by atoms with Gasteiger partial charge in [-0.3, -0.25) is 4.79 Å². The molecule has 0 aromatic heterocycles. The maximum Gasteiger partial charge on any atom is 0.228 e. The number of para-hydroxylation sites is 1. The molecular formula is C16H14Cl4N2O. The molecule has 0 aliphatic rings. The lowest BCUT2D eigenvalue weighted by Crippen LogP contribution is -2.49. The van der Waals surface area contributed by atoms with E-state index in [0.29, 0.717) is 10.7 Å². The van der Waals surface area contributed by atoms with Crippen LogP contribution in [0.5, 0.6) is 0 Å². The molecular weight excluding hydrogens is 378 g/mol. The summed E-state index contributed by atoms with van der Waals surface area (Å²) in [6.45, 7) is 0. The minimum Gasteiger partial charge on any atom is -0.361 e. The number of hydrogen-bond donors (Lipinski definition) is 2. The van der Waals surface area contributed by atoms with Crippen LogP contribution in [0.25, 0.3) is 0 Å². The van der Waals surface area contributed by atoms with Crippen molar-refractivity contribution in [2.45, 2.75) is 16.4 Å². The zero-order valence-corrected chi connectivity index (χ0v) is 14.9. The molecule has 7 heteroatoms. The molecule has 0 heterocycles. The van der Waals surface area contributed by atoms with Crippen molar-refractivity contribution >= 4 is 58.0 Å². The molecule has 2 aromatic rings. The van der Waals surface area contributed by atoms with Crippen molar-refractivity contribution in [3.63, 3.8) is 0 Å². The van der Waals surface area contributed by atoms with Gasteiger partial charge in [0.2, 0.25) is 9.70 Å². The molecule has 0 unspecified atom stereocenters. The maximum atomic E-state index is 12.2. The SMILES string of the molecule is O=C(Cc1ccccc1)N[C@H](Nc1ccccc1Cl)C(Cl)(Cl)Cl. The summed E-state index contributed by atoms with van der Waals surface area (Å²) < 4.78 is -1.74. The minimum absolute atomic E-state index is 0.183. The van der Waals surface area contributed by atoms with Crippen molar-refractivity contribution in [3.05, 3.63) is 65.2 Å². The molecule has 23 heavy (non-hydrogen) atoms. The predicted molar refractivity (Wildman–Crippen MR) is 97.4 cm³/mol. The second kappa shape index (κ2) is 8.11. The molecule has 0 saturated heterocycles. The number of hydrogen-bond acceptors (Lipinski definition) is 2.